The molecule has 0 N–H and O–H groups in total. The van der Waals surface area contributed by atoms with E-state index in [1.54, 1.807) is 0 Å². The SMILES string of the molecule is Fc1c(F)c(F)c(C2=C(c3c(F)c(F)c(F)c(F)c3F)c3c(F)c(F)c(F)c(F)c32)c(F)c1F. The summed E-state index contributed by atoms with van der Waals surface area (Å²) in [5.41, 5.74) is -11.8. The minimum atomic E-state index is -2.80. The van der Waals surface area contributed by atoms with Gasteiger partial charge in [-0.05, 0) is 0 Å². The standard InChI is InChI=1S/C20F14/c21-7-3-1(5-9(23)15(29)19(33)16(30)10(5)24)2(4(3)8(22)14(28)13(7)27)6-11(25)17(31)20(34)18(32)12(6)26. The second kappa shape index (κ2) is 7.46. The van der Waals surface area contributed by atoms with Gasteiger partial charge in [-0.3, -0.25) is 0 Å². The molecule has 4 rings (SSSR count). The van der Waals surface area contributed by atoms with Crippen LogP contribution in [-0.4, -0.2) is 0 Å². The van der Waals surface area contributed by atoms with E-state index in [2.05, 4.69) is 0 Å². The van der Waals surface area contributed by atoms with Crippen molar-refractivity contribution >= 4 is 11.1 Å². The van der Waals surface area contributed by atoms with Crippen molar-refractivity contribution in [3.8, 4) is 0 Å². The van der Waals surface area contributed by atoms with Crippen molar-refractivity contribution < 1.29 is 61.5 Å². The number of hydrogen-bond donors (Lipinski definition) is 0. The Morgan fingerprint density at radius 1 is 0.176 bits per heavy atom. The summed E-state index contributed by atoms with van der Waals surface area (Å²) in [5.74, 6) is -38.0. The topological polar surface area (TPSA) is 0 Å². The highest BCUT2D eigenvalue weighted by atomic mass is 19.2. The Hall–Kier alpha value is -3.58. The summed E-state index contributed by atoms with van der Waals surface area (Å²) < 4.78 is 195. The maximum atomic E-state index is 14.4. The molecule has 1 aliphatic rings. The Balaban J connectivity index is 2.28. The van der Waals surface area contributed by atoms with Crippen LogP contribution >= 0.6 is 0 Å². The third-order valence-corrected chi connectivity index (χ3v) is 4.94. The molecule has 3 aromatic carbocycles. The first-order valence-electron chi connectivity index (χ1n) is 8.40. The summed E-state index contributed by atoms with van der Waals surface area (Å²) in [6, 6.07) is 0. The summed E-state index contributed by atoms with van der Waals surface area (Å²) in [6.45, 7) is 0. The van der Waals surface area contributed by atoms with Crippen molar-refractivity contribution in [2.24, 2.45) is 0 Å². The maximum Gasteiger partial charge on any atom is 0.200 e. The molecule has 14 heteroatoms. The fraction of sp³-hybridized carbons (Fsp3) is 0. The molecule has 3 aromatic rings. The van der Waals surface area contributed by atoms with Gasteiger partial charge in [0, 0.05) is 22.3 Å². The third kappa shape index (κ3) is 2.73. The molecule has 0 unspecified atom stereocenters. The molecule has 1 aliphatic carbocycles. The van der Waals surface area contributed by atoms with Crippen LogP contribution < -0.4 is 0 Å². The second-order valence-corrected chi connectivity index (χ2v) is 6.65. The minimum absolute atomic E-state index is 1.78. The average Bonchev–Trinajstić information content (AvgIpc) is 2.80. The summed E-state index contributed by atoms with van der Waals surface area (Å²) in [5, 5.41) is 0. The quantitative estimate of drug-likeness (QED) is 0.157. The molecular weight excluding hydrogens is 506 g/mol. The van der Waals surface area contributed by atoms with E-state index >= 15 is 0 Å². The fourth-order valence-electron chi connectivity index (χ4n) is 3.44. The van der Waals surface area contributed by atoms with Gasteiger partial charge in [0.2, 0.25) is 11.6 Å². The molecule has 0 bridgehead atoms. The normalized spacial score (nSPS) is 12.9. The van der Waals surface area contributed by atoms with E-state index in [4.69, 9.17) is 0 Å². The van der Waals surface area contributed by atoms with E-state index in [1.165, 1.54) is 0 Å². The van der Waals surface area contributed by atoms with Crippen LogP contribution in [0.25, 0.3) is 11.1 Å². The van der Waals surface area contributed by atoms with Crippen LogP contribution in [-0.2, 0) is 0 Å². The van der Waals surface area contributed by atoms with E-state index in [0.29, 0.717) is 0 Å². The lowest BCUT2D eigenvalue weighted by Crippen LogP contribution is -2.22. The van der Waals surface area contributed by atoms with Crippen molar-refractivity contribution in [3.63, 3.8) is 0 Å². The summed E-state index contributed by atoms with van der Waals surface area (Å²) in [4.78, 5) is 0. The van der Waals surface area contributed by atoms with Gasteiger partial charge in [0.25, 0.3) is 0 Å². The van der Waals surface area contributed by atoms with E-state index in [9.17, 15) is 61.5 Å². The van der Waals surface area contributed by atoms with Crippen LogP contribution in [0.5, 0.6) is 0 Å². The van der Waals surface area contributed by atoms with Crippen LogP contribution in [0, 0.1) is 81.4 Å². The first-order chi connectivity index (χ1) is 15.7. The Morgan fingerprint density at radius 3 is 0.529 bits per heavy atom. The lowest BCUT2D eigenvalue weighted by molar-refractivity contribution is 0.374. The fourth-order valence-corrected chi connectivity index (χ4v) is 3.44. The van der Waals surface area contributed by atoms with E-state index < -0.39 is 115 Å². The zero-order valence-electron chi connectivity index (χ0n) is 15.3. The minimum Gasteiger partial charge on any atom is -0.203 e. The maximum absolute atomic E-state index is 14.4. The van der Waals surface area contributed by atoms with Gasteiger partial charge in [0.05, 0.1) is 11.1 Å². The Morgan fingerprint density at radius 2 is 0.324 bits per heavy atom. The number of halogens is 14. The molecule has 0 fully saturated rings. The van der Waals surface area contributed by atoms with Gasteiger partial charge in [-0.25, -0.2) is 61.5 Å². The number of rotatable bonds is 2. The van der Waals surface area contributed by atoms with Crippen molar-refractivity contribution in [2.75, 3.05) is 0 Å². The number of hydrogen-bond acceptors (Lipinski definition) is 0. The first kappa shape index (κ1) is 23.6. The van der Waals surface area contributed by atoms with Crippen LogP contribution in [0.4, 0.5) is 61.5 Å². The zero-order valence-corrected chi connectivity index (χ0v) is 15.3. The molecule has 0 aromatic heterocycles. The average molecular weight is 506 g/mol. The molecule has 34 heavy (non-hydrogen) atoms. The van der Waals surface area contributed by atoms with Crippen LogP contribution in [0.15, 0.2) is 0 Å². The van der Waals surface area contributed by atoms with Gasteiger partial charge < -0.3 is 0 Å². The highest BCUT2D eigenvalue weighted by Gasteiger charge is 2.45. The zero-order chi connectivity index (χ0) is 25.5. The third-order valence-electron chi connectivity index (χ3n) is 4.94. The molecule has 178 valence electrons. The molecule has 0 aliphatic heterocycles. The van der Waals surface area contributed by atoms with E-state index in [1.807, 2.05) is 0 Å². The molecule has 0 atom stereocenters. The highest BCUT2D eigenvalue weighted by molar-refractivity contribution is 6.15. The first-order valence-corrected chi connectivity index (χ1v) is 8.40. The van der Waals surface area contributed by atoms with Gasteiger partial charge in [-0.2, -0.15) is 0 Å². The van der Waals surface area contributed by atoms with Gasteiger partial charge in [0.15, 0.2) is 69.8 Å². The van der Waals surface area contributed by atoms with Crippen molar-refractivity contribution in [1.82, 2.24) is 0 Å². The molecular formula is C20F14. The Kier molecular flexibility index (Phi) is 5.18. The number of benzene rings is 3. The Labute approximate surface area is 177 Å². The molecule has 0 saturated carbocycles. The van der Waals surface area contributed by atoms with Crippen molar-refractivity contribution in [1.29, 1.82) is 0 Å². The smallest absolute Gasteiger partial charge is 0.200 e. The van der Waals surface area contributed by atoms with Crippen molar-refractivity contribution in [2.45, 2.75) is 0 Å². The predicted octanol–water partition coefficient (Wildman–Crippen LogP) is 6.95. The van der Waals surface area contributed by atoms with E-state index in [0.717, 1.165) is 0 Å². The Bertz CT molecular complexity index is 1320. The number of fused-ring (bicyclic) bond motifs is 1. The van der Waals surface area contributed by atoms with Gasteiger partial charge >= 0.3 is 0 Å². The lowest BCUT2D eigenvalue weighted by atomic mass is 9.72. The molecule has 0 nitrogen and oxygen atoms in total. The summed E-state index contributed by atoms with van der Waals surface area (Å²) in [6.07, 6.45) is 0. The predicted molar refractivity (Wildman–Crippen MR) is 83.8 cm³/mol. The molecule has 0 radical (unpaired) electrons. The monoisotopic (exact) mass is 506 g/mol. The molecule has 0 spiro atoms. The lowest BCUT2D eigenvalue weighted by Gasteiger charge is -2.31. The summed E-state index contributed by atoms with van der Waals surface area (Å²) in [7, 11) is 0. The van der Waals surface area contributed by atoms with Crippen LogP contribution in [0.2, 0.25) is 0 Å². The highest BCUT2D eigenvalue weighted by Crippen LogP contribution is 2.54. The molecule has 0 saturated heterocycles. The van der Waals surface area contributed by atoms with E-state index in [-0.39, 0.29) is 0 Å². The second-order valence-electron chi connectivity index (χ2n) is 6.65. The molecule has 0 heterocycles. The molecule has 0 amide bonds. The van der Waals surface area contributed by atoms with Crippen LogP contribution in [0.1, 0.15) is 22.3 Å². The largest absolute Gasteiger partial charge is 0.203 e. The van der Waals surface area contributed by atoms with Gasteiger partial charge in [-0.1, -0.05) is 0 Å². The van der Waals surface area contributed by atoms with Gasteiger partial charge in [0.1, 0.15) is 0 Å². The van der Waals surface area contributed by atoms with Gasteiger partial charge in [-0.15, -0.1) is 0 Å². The van der Waals surface area contributed by atoms with Crippen LogP contribution in [0.3, 0.4) is 0 Å². The van der Waals surface area contributed by atoms with Crippen molar-refractivity contribution in [3.05, 3.63) is 104 Å². The summed E-state index contributed by atoms with van der Waals surface area (Å²) >= 11 is 0.